The molecule has 1 atom stereocenters. The van der Waals surface area contributed by atoms with Crippen LogP contribution < -0.4 is 5.32 Å². The Hall–Kier alpha value is -1.10. The lowest BCUT2D eigenvalue weighted by Gasteiger charge is -2.25. The molecule has 0 aromatic carbocycles. The van der Waals surface area contributed by atoms with Crippen LogP contribution in [0.15, 0.2) is 5.16 Å². The zero-order valence-electron chi connectivity index (χ0n) is 12.0. The quantitative estimate of drug-likeness (QED) is 0.424. The molecular formula is C14H26N2O3. The van der Waals surface area contributed by atoms with Crippen LogP contribution in [-0.4, -0.2) is 35.6 Å². The van der Waals surface area contributed by atoms with E-state index in [4.69, 9.17) is 9.94 Å². The van der Waals surface area contributed by atoms with Gasteiger partial charge >= 0.3 is 0 Å². The topological polar surface area (TPSA) is 70.9 Å². The van der Waals surface area contributed by atoms with Crippen LogP contribution in [0.25, 0.3) is 0 Å². The molecule has 1 aliphatic carbocycles. The summed E-state index contributed by atoms with van der Waals surface area (Å²) >= 11 is 0. The second-order valence-electron chi connectivity index (χ2n) is 5.14. The minimum absolute atomic E-state index is 0.0299. The molecule has 1 saturated carbocycles. The first-order valence-electron chi connectivity index (χ1n) is 7.30. The molecule has 0 spiro atoms. The highest BCUT2D eigenvalue weighted by Gasteiger charge is 2.23. The van der Waals surface area contributed by atoms with Gasteiger partial charge in [-0.25, -0.2) is 0 Å². The van der Waals surface area contributed by atoms with Crippen molar-refractivity contribution in [3.8, 4) is 0 Å². The van der Waals surface area contributed by atoms with Crippen LogP contribution in [0.3, 0.4) is 0 Å². The summed E-state index contributed by atoms with van der Waals surface area (Å²) in [4.78, 5) is 11.8. The number of rotatable bonds is 7. The minimum Gasteiger partial charge on any atom is -0.411 e. The van der Waals surface area contributed by atoms with Crippen molar-refractivity contribution in [1.82, 2.24) is 5.32 Å². The van der Waals surface area contributed by atoms with Gasteiger partial charge in [-0.3, -0.25) is 4.79 Å². The molecule has 1 amide bonds. The number of carbonyl (C=O) groups is 1. The van der Waals surface area contributed by atoms with Crippen LogP contribution in [0.4, 0.5) is 0 Å². The Kier molecular flexibility index (Phi) is 7.48. The molecule has 1 fully saturated rings. The number of ether oxygens (including phenoxy) is 1. The lowest BCUT2D eigenvalue weighted by Crippen LogP contribution is -2.38. The van der Waals surface area contributed by atoms with Gasteiger partial charge in [0.1, 0.15) is 6.10 Å². The van der Waals surface area contributed by atoms with Crippen LogP contribution in [0.5, 0.6) is 0 Å². The van der Waals surface area contributed by atoms with Crippen molar-refractivity contribution in [3.05, 3.63) is 0 Å². The summed E-state index contributed by atoms with van der Waals surface area (Å²) in [5, 5.41) is 14.8. The Morgan fingerprint density at radius 2 is 2.16 bits per heavy atom. The van der Waals surface area contributed by atoms with Crippen LogP contribution in [-0.2, 0) is 9.53 Å². The molecule has 1 aliphatic rings. The Bertz CT molecular complexity index is 295. The van der Waals surface area contributed by atoms with E-state index in [2.05, 4.69) is 17.4 Å². The van der Waals surface area contributed by atoms with Crippen LogP contribution >= 0.6 is 0 Å². The summed E-state index contributed by atoms with van der Waals surface area (Å²) in [6.45, 7) is 4.66. The van der Waals surface area contributed by atoms with E-state index < -0.39 is 6.10 Å². The van der Waals surface area contributed by atoms with E-state index in [0.29, 0.717) is 0 Å². The molecule has 0 radical (unpaired) electrons. The van der Waals surface area contributed by atoms with Gasteiger partial charge in [0.2, 0.25) is 5.91 Å². The van der Waals surface area contributed by atoms with E-state index in [1.807, 2.05) is 0 Å². The first-order valence-corrected chi connectivity index (χ1v) is 7.30. The smallest absolute Gasteiger partial charge is 0.248 e. The van der Waals surface area contributed by atoms with Crippen molar-refractivity contribution >= 4 is 11.6 Å². The molecule has 5 nitrogen and oxygen atoms in total. The van der Waals surface area contributed by atoms with Crippen molar-refractivity contribution < 1.29 is 14.7 Å². The second kappa shape index (κ2) is 8.91. The van der Waals surface area contributed by atoms with Crippen molar-refractivity contribution in [2.24, 2.45) is 5.16 Å². The number of amides is 1. The molecule has 0 aromatic rings. The first-order chi connectivity index (χ1) is 9.17. The Morgan fingerprint density at radius 1 is 1.47 bits per heavy atom. The molecule has 0 bridgehead atoms. The van der Waals surface area contributed by atoms with Crippen LogP contribution in [0.1, 0.15) is 58.8 Å². The van der Waals surface area contributed by atoms with Crippen LogP contribution in [0, 0.1) is 0 Å². The van der Waals surface area contributed by atoms with E-state index in [-0.39, 0.29) is 12.0 Å². The normalized spacial score (nSPS) is 20.9. The zero-order valence-corrected chi connectivity index (χ0v) is 12.0. The lowest BCUT2D eigenvalue weighted by atomic mass is 9.96. The van der Waals surface area contributed by atoms with Crippen molar-refractivity contribution in [2.75, 3.05) is 6.54 Å². The third-order valence-corrected chi connectivity index (χ3v) is 3.50. The standard InChI is InChI=1S/C14H26N2O3/c1-3-4-5-10-15-14(17)11(2)19-13-8-6-12(16-18)7-9-13/h11,13,18H,3-10H2,1-2H3,(H,15,17). The average Bonchev–Trinajstić information content (AvgIpc) is 2.44. The average molecular weight is 270 g/mol. The van der Waals surface area contributed by atoms with E-state index in [1.165, 1.54) is 0 Å². The van der Waals surface area contributed by atoms with Gasteiger partial charge in [-0.2, -0.15) is 0 Å². The van der Waals surface area contributed by atoms with E-state index in [0.717, 1.165) is 57.2 Å². The zero-order chi connectivity index (χ0) is 14.1. The highest BCUT2D eigenvalue weighted by atomic mass is 16.5. The lowest BCUT2D eigenvalue weighted by molar-refractivity contribution is -0.135. The van der Waals surface area contributed by atoms with Gasteiger partial charge in [0.05, 0.1) is 11.8 Å². The molecule has 0 saturated heterocycles. The maximum Gasteiger partial charge on any atom is 0.248 e. The van der Waals surface area contributed by atoms with Gasteiger partial charge in [0.15, 0.2) is 0 Å². The number of nitrogens with one attached hydrogen (secondary N) is 1. The van der Waals surface area contributed by atoms with Gasteiger partial charge in [-0.05, 0) is 39.0 Å². The second-order valence-corrected chi connectivity index (χ2v) is 5.14. The number of unbranched alkanes of at least 4 members (excludes halogenated alkanes) is 2. The summed E-state index contributed by atoms with van der Waals surface area (Å²) in [6.07, 6.45) is 6.17. The van der Waals surface area contributed by atoms with Crippen molar-refractivity contribution in [1.29, 1.82) is 0 Å². The summed E-state index contributed by atoms with van der Waals surface area (Å²) in [5.41, 5.74) is 0.830. The van der Waals surface area contributed by atoms with Crippen molar-refractivity contribution in [2.45, 2.75) is 71.0 Å². The van der Waals surface area contributed by atoms with Gasteiger partial charge in [0.25, 0.3) is 0 Å². The molecule has 0 aliphatic heterocycles. The third-order valence-electron chi connectivity index (χ3n) is 3.50. The van der Waals surface area contributed by atoms with Crippen molar-refractivity contribution in [3.63, 3.8) is 0 Å². The molecule has 1 unspecified atom stereocenters. The molecule has 2 N–H and O–H groups in total. The fraction of sp³-hybridized carbons (Fsp3) is 0.857. The number of nitrogens with zero attached hydrogens (tertiary/aromatic N) is 1. The van der Waals surface area contributed by atoms with Gasteiger partial charge in [0, 0.05) is 6.54 Å². The molecule has 110 valence electrons. The Morgan fingerprint density at radius 3 is 2.74 bits per heavy atom. The predicted molar refractivity (Wildman–Crippen MR) is 74.6 cm³/mol. The molecule has 0 aromatic heterocycles. The SMILES string of the molecule is CCCCCNC(=O)C(C)OC1CCC(=NO)CC1. The van der Waals surface area contributed by atoms with Gasteiger partial charge in [-0.15, -0.1) is 0 Å². The maximum atomic E-state index is 11.8. The van der Waals surface area contributed by atoms with Gasteiger partial charge < -0.3 is 15.3 Å². The Labute approximate surface area is 115 Å². The number of oxime groups is 1. The molecule has 19 heavy (non-hydrogen) atoms. The summed E-state index contributed by atoms with van der Waals surface area (Å²) < 4.78 is 5.75. The van der Waals surface area contributed by atoms with E-state index in [9.17, 15) is 4.79 Å². The van der Waals surface area contributed by atoms with Crippen LogP contribution in [0.2, 0.25) is 0 Å². The maximum absolute atomic E-state index is 11.8. The molecular weight excluding hydrogens is 244 g/mol. The highest BCUT2D eigenvalue weighted by molar-refractivity contribution is 5.84. The monoisotopic (exact) mass is 270 g/mol. The van der Waals surface area contributed by atoms with Gasteiger partial charge in [-0.1, -0.05) is 24.9 Å². The van der Waals surface area contributed by atoms with E-state index in [1.54, 1.807) is 6.92 Å². The predicted octanol–water partition coefficient (Wildman–Crippen LogP) is 2.47. The summed E-state index contributed by atoms with van der Waals surface area (Å²) in [6, 6.07) is 0. The summed E-state index contributed by atoms with van der Waals surface area (Å²) in [7, 11) is 0. The molecule has 0 heterocycles. The first kappa shape index (κ1) is 16.0. The fourth-order valence-corrected chi connectivity index (χ4v) is 2.24. The summed E-state index contributed by atoms with van der Waals surface area (Å²) in [5.74, 6) is -0.0299. The van der Waals surface area contributed by atoms with E-state index >= 15 is 0 Å². The number of hydrogen-bond donors (Lipinski definition) is 2. The molecule has 1 rings (SSSR count). The fourth-order valence-electron chi connectivity index (χ4n) is 2.24. The minimum atomic E-state index is -0.403. The molecule has 5 heteroatoms. The third kappa shape index (κ3) is 6.05. The Balaban J connectivity index is 2.19. The highest BCUT2D eigenvalue weighted by Crippen LogP contribution is 2.20. The largest absolute Gasteiger partial charge is 0.411 e. The number of hydrogen-bond acceptors (Lipinski definition) is 4. The number of carbonyl (C=O) groups excluding carboxylic acids is 1.